The maximum Gasteiger partial charge on any atom is 0.573 e. The molecule has 18 heavy (non-hydrogen) atoms. The fraction of sp³-hybridized carbons (Fsp3) is 0.417. The molecule has 0 aliphatic rings. The molecule has 0 atom stereocenters. The summed E-state index contributed by atoms with van der Waals surface area (Å²) in [5, 5.41) is 0.105. The zero-order chi connectivity index (χ0) is 13.8. The van der Waals surface area contributed by atoms with Gasteiger partial charge in [0.1, 0.15) is 11.5 Å². The van der Waals surface area contributed by atoms with Crippen LogP contribution in [0.3, 0.4) is 0 Å². The van der Waals surface area contributed by atoms with Crippen LogP contribution in [0.2, 0.25) is 0 Å². The summed E-state index contributed by atoms with van der Waals surface area (Å²) in [6, 6.07) is 4.52. The van der Waals surface area contributed by atoms with Crippen molar-refractivity contribution in [2.45, 2.75) is 26.1 Å². The second-order valence-electron chi connectivity index (χ2n) is 3.69. The number of benzene rings is 1. The number of ketones is 1. The number of carbonyl (C=O) groups excluding carboxylic acids is 1. The molecule has 6 heteroatoms. The molecule has 2 nitrogen and oxygen atoms in total. The summed E-state index contributed by atoms with van der Waals surface area (Å²) in [5.74, 6) is -0.498. The van der Waals surface area contributed by atoms with Crippen molar-refractivity contribution < 1.29 is 22.7 Å². The van der Waals surface area contributed by atoms with Crippen LogP contribution in [0.1, 0.15) is 18.1 Å². The number of alkyl halides is 4. The lowest BCUT2D eigenvalue weighted by Gasteiger charge is -2.14. The summed E-state index contributed by atoms with van der Waals surface area (Å²) in [6.45, 7) is 1.83. The molecule has 0 fully saturated rings. The van der Waals surface area contributed by atoms with Gasteiger partial charge < -0.3 is 4.74 Å². The van der Waals surface area contributed by atoms with Crippen molar-refractivity contribution in [1.82, 2.24) is 0 Å². The summed E-state index contributed by atoms with van der Waals surface area (Å²) < 4.78 is 40.7. The van der Waals surface area contributed by atoms with Gasteiger partial charge in [0, 0.05) is 12.0 Å². The lowest BCUT2D eigenvalue weighted by atomic mass is 10.0. The van der Waals surface area contributed by atoms with E-state index in [1.165, 1.54) is 12.1 Å². The van der Waals surface area contributed by atoms with Gasteiger partial charge >= 0.3 is 6.36 Å². The Hall–Kier alpha value is -1.04. The first-order valence-corrected chi connectivity index (χ1v) is 6.43. The maximum atomic E-state index is 12.3. The normalized spacial score (nSPS) is 11.4. The molecule has 0 unspecified atom stereocenters. The quantitative estimate of drug-likeness (QED) is 0.773. The molecule has 0 radical (unpaired) electrons. The van der Waals surface area contributed by atoms with E-state index in [4.69, 9.17) is 0 Å². The van der Waals surface area contributed by atoms with Gasteiger partial charge in [0.05, 0.1) is 5.33 Å². The standard InChI is InChI=1S/C12H12BrF3O2/c1-2-8-3-4-9(6-10(17)7-13)11(5-8)18-12(14,15)16/h3-5H,2,6-7H2,1H3. The van der Waals surface area contributed by atoms with E-state index in [1.807, 2.05) is 6.92 Å². The van der Waals surface area contributed by atoms with E-state index in [0.29, 0.717) is 6.42 Å². The van der Waals surface area contributed by atoms with E-state index in [0.717, 1.165) is 5.56 Å². The van der Waals surface area contributed by atoms with Crippen molar-refractivity contribution >= 4 is 21.7 Å². The van der Waals surface area contributed by atoms with Crippen LogP contribution >= 0.6 is 15.9 Å². The first kappa shape index (κ1) is 15.0. The molecule has 0 aromatic heterocycles. The number of halogens is 4. The van der Waals surface area contributed by atoms with Crippen molar-refractivity contribution in [3.63, 3.8) is 0 Å². The van der Waals surface area contributed by atoms with Crippen LogP contribution < -0.4 is 4.74 Å². The molecule has 1 rings (SSSR count). The summed E-state index contributed by atoms with van der Waals surface area (Å²) in [6.07, 6.45) is -4.24. The number of carbonyl (C=O) groups is 1. The van der Waals surface area contributed by atoms with Crippen molar-refractivity contribution in [3.05, 3.63) is 29.3 Å². The van der Waals surface area contributed by atoms with Gasteiger partial charge in [-0.15, -0.1) is 13.2 Å². The first-order valence-electron chi connectivity index (χ1n) is 5.31. The van der Waals surface area contributed by atoms with Gasteiger partial charge in [0.25, 0.3) is 0 Å². The van der Waals surface area contributed by atoms with Gasteiger partial charge in [-0.2, -0.15) is 0 Å². The maximum absolute atomic E-state index is 12.3. The SMILES string of the molecule is CCc1ccc(CC(=O)CBr)c(OC(F)(F)F)c1. The van der Waals surface area contributed by atoms with Crippen LogP contribution in [0.4, 0.5) is 13.2 Å². The highest BCUT2D eigenvalue weighted by Crippen LogP contribution is 2.28. The Kier molecular flexibility index (Phi) is 5.19. The molecular formula is C12H12BrF3O2. The van der Waals surface area contributed by atoms with Crippen LogP contribution in [0.15, 0.2) is 18.2 Å². The largest absolute Gasteiger partial charge is 0.573 e. The van der Waals surface area contributed by atoms with E-state index in [-0.39, 0.29) is 28.8 Å². The second kappa shape index (κ2) is 6.22. The molecule has 0 saturated carbocycles. The number of aryl methyl sites for hydroxylation is 1. The number of hydrogen-bond donors (Lipinski definition) is 0. The Morgan fingerprint density at radius 3 is 2.56 bits per heavy atom. The Balaban J connectivity index is 3.04. The van der Waals surface area contributed by atoms with Gasteiger partial charge in [-0.3, -0.25) is 4.79 Å². The van der Waals surface area contributed by atoms with Gasteiger partial charge in [0.15, 0.2) is 0 Å². The van der Waals surface area contributed by atoms with Gasteiger partial charge in [-0.25, -0.2) is 0 Å². The Morgan fingerprint density at radius 1 is 1.39 bits per heavy atom. The Labute approximate surface area is 111 Å². The molecule has 0 spiro atoms. The van der Waals surface area contributed by atoms with Crippen LogP contribution in [0, 0.1) is 0 Å². The fourth-order valence-electron chi connectivity index (χ4n) is 1.44. The third-order valence-corrected chi connectivity index (χ3v) is 2.93. The van der Waals surface area contributed by atoms with E-state index in [2.05, 4.69) is 20.7 Å². The predicted molar refractivity (Wildman–Crippen MR) is 65.0 cm³/mol. The van der Waals surface area contributed by atoms with Gasteiger partial charge in [0.2, 0.25) is 0 Å². The molecule has 0 N–H and O–H groups in total. The summed E-state index contributed by atoms with van der Waals surface area (Å²) in [5.41, 5.74) is 0.971. The molecule has 100 valence electrons. The smallest absolute Gasteiger partial charge is 0.405 e. The zero-order valence-corrected chi connectivity index (χ0v) is 11.3. The van der Waals surface area contributed by atoms with Crippen LogP contribution in [-0.2, 0) is 17.6 Å². The molecule has 0 saturated heterocycles. The van der Waals surface area contributed by atoms with Crippen LogP contribution in [0.5, 0.6) is 5.75 Å². The average molecular weight is 325 g/mol. The molecule has 0 aliphatic carbocycles. The Morgan fingerprint density at radius 2 is 2.06 bits per heavy atom. The average Bonchev–Trinajstić information content (AvgIpc) is 2.29. The third kappa shape index (κ3) is 4.68. The zero-order valence-electron chi connectivity index (χ0n) is 9.68. The highest BCUT2D eigenvalue weighted by molar-refractivity contribution is 9.09. The minimum atomic E-state index is -4.75. The molecular weight excluding hydrogens is 313 g/mol. The molecule has 1 aromatic rings. The lowest BCUT2D eigenvalue weighted by molar-refractivity contribution is -0.274. The number of hydrogen-bond acceptors (Lipinski definition) is 2. The minimum Gasteiger partial charge on any atom is -0.405 e. The fourth-order valence-corrected chi connectivity index (χ4v) is 1.64. The van der Waals surface area contributed by atoms with Crippen molar-refractivity contribution in [1.29, 1.82) is 0 Å². The summed E-state index contributed by atoms with van der Waals surface area (Å²) >= 11 is 2.97. The van der Waals surface area contributed by atoms with Crippen molar-refractivity contribution in [2.75, 3.05) is 5.33 Å². The van der Waals surface area contributed by atoms with Crippen molar-refractivity contribution in [3.8, 4) is 5.75 Å². The van der Waals surface area contributed by atoms with Crippen LogP contribution in [0.25, 0.3) is 0 Å². The predicted octanol–water partition coefficient (Wildman–Crippen LogP) is 3.65. The van der Waals surface area contributed by atoms with E-state index < -0.39 is 6.36 Å². The minimum absolute atomic E-state index is 0.0827. The highest BCUT2D eigenvalue weighted by Gasteiger charge is 2.32. The van der Waals surface area contributed by atoms with E-state index >= 15 is 0 Å². The molecule has 1 aromatic carbocycles. The lowest BCUT2D eigenvalue weighted by Crippen LogP contribution is -2.19. The highest BCUT2D eigenvalue weighted by atomic mass is 79.9. The summed E-state index contributed by atoms with van der Waals surface area (Å²) in [4.78, 5) is 11.3. The Bertz CT molecular complexity index is 430. The molecule has 0 bridgehead atoms. The van der Waals surface area contributed by atoms with Crippen molar-refractivity contribution in [2.24, 2.45) is 0 Å². The second-order valence-corrected chi connectivity index (χ2v) is 4.25. The van der Waals surface area contributed by atoms with E-state index in [9.17, 15) is 18.0 Å². The molecule has 0 amide bonds. The monoisotopic (exact) mass is 324 g/mol. The number of Topliss-reactive ketones (excluding diaryl/α,β-unsaturated/α-hetero) is 1. The van der Waals surface area contributed by atoms with Gasteiger partial charge in [-0.1, -0.05) is 35.0 Å². The van der Waals surface area contributed by atoms with E-state index in [1.54, 1.807) is 6.07 Å². The number of rotatable bonds is 5. The molecule has 0 heterocycles. The first-order chi connectivity index (χ1) is 8.35. The van der Waals surface area contributed by atoms with Gasteiger partial charge in [-0.05, 0) is 18.1 Å². The number of ether oxygens (including phenoxy) is 1. The topological polar surface area (TPSA) is 26.3 Å². The molecule has 0 aliphatic heterocycles. The third-order valence-electron chi connectivity index (χ3n) is 2.30. The summed E-state index contributed by atoms with van der Waals surface area (Å²) in [7, 11) is 0. The van der Waals surface area contributed by atoms with Crippen LogP contribution in [-0.4, -0.2) is 17.5 Å².